The highest BCUT2D eigenvalue weighted by Gasteiger charge is 1.90. The molecule has 0 saturated heterocycles. The van der Waals surface area contributed by atoms with Gasteiger partial charge in [0.15, 0.2) is 0 Å². The third kappa shape index (κ3) is 3.05. The number of aryl methyl sites for hydroxylation is 1. The van der Waals surface area contributed by atoms with Gasteiger partial charge in [0.25, 0.3) is 0 Å². The van der Waals surface area contributed by atoms with Crippen molar-refractivity contribution < 1.29 is 0 Å². The average molecular weight is 163 g/mol. The Morgan fingerprint density at radius 3 is 2.42 bits per heavy atom. The maximum atomic E-state index is 3.31. The van der Waals surface area contributed by atoms with E-state index in [1.165, 1.54) is 11.1 Å². The van der Waals surface area contributed by atoms with Gasteiger partial charge in [-0.3, -0.25) is 0 Å². The molecule has 12 heavy (non-hydrogen) atoms. The van der Waals surface area contributed by atoms with Crippen molar-refractivity contribution in [1.29, 1.82) is 0 Å². The van der Waals surface area contributed by atoms with Gasteiger partial charge in [-0.1, -0.05) is 36.8 Å². The third-order valence-electron chi connectivity index (χ3n) is 1.96. The van der Waals surface area contributed by atoms with Crippen molar-refractivity contribution in [3.63, 3.8) is 0 Å². The monoisotopic (exact) mass is 163 g/mol. The molecule has 0 unspecified atom stereocenters. The highest BCUT2D eigenvalue weighted by molar-refractivity contribution is 5.21. The Bertz CT molecular complexity index is 213. The SMILES string of the molecule is CCNCCc1ccc(C)cc1. The molecule has 0 spiro atoms. The van der Waals surface area contributed by atoms with E-state index in [9.17, 15) is 0 Å². The largest absolute Gasteiger partial charge is 0.317 e. The van der Waals surface area contributed by atoms with Gasteiger partial charge in [-0.05, 0) is 32.0 Å². The van der Waals surface area contributed by atoms with E-state index in [4.69, 9.17) is 0 Å². The first-order valence-corrected chi connectivity index (χ1v) is 4.59. The first-order chi connectivity index (χ1) is 5.83. The van der Waals surface area contributed by atoms with Crippen molar-refractivity contribution in [1.82, 2.24) is 5.32 Å². The maximum absolute atomic E-state index is 3.31. The molecule has 0 aliphatic heterocycles. The lowest BCUT2D eigenvalue weighted by Gasteiger charge is -2.01. The van der Waals surface area contributed by atoms with Crippen molar-refractivity contribution in [3.8, 4) is 0 Å². The second-order valence-corrected chi connectivity index (χ2v) is 3.09. The fourth-order valence-corrected chi connectivity index (χ4v) is 1.16. The number of benzene rings is 1. The Morgan fingerprint density at radius 2 is 1.83 bits per heavy atom. The van der Waals surface area contributed by atoms with Crippen LogP contribution in [0.3, 0.4) is 0 Å². The quantitative estimate of drug-likeness (QED) is 0.671. The zero-order valence-corrected chi connectivity index (χ0v) is 7.93. The molecule has 1 aromatic rings. The summed E-state index contributed by atoms with van der Waals surface area (Å²) in [6, 6.07) is 8.74. The lowest BCUT2D eigenvalue weighted by molar-refractivity contribution is 0.716. The standard InChI is InChI=1S/C11H17N/c1-3-12-9-8-11-6-4-10(2)5-7-11/h4-7,12H,3,8-9H2,1-2H3. The van der Waals surface area contributed by atoms with E-state index in [0.29, 0.717) is 0 Å². The van der Waals surface area contributed by atoms with Crippen LogP contribution >= 0.6 is 0 Å². The smallest absolute Gasteiger partial charge is 0.000847 e. The first-order valence-electron chi connectivity index (χ1n) is 4.59. The number of likely N-dealkylation sites (N-methyl/N-ethyl adjacent to an activating group) is 1. The van der Waals surface area contributed by atoms with Crippen LogP contribution in [-0.2, 0) is 6.42 Å². The number of hydrogen-bond donors (Lipinski definition) is 1. The van der Waals surface area contributed by atoms with E-state index in [1.807, 2.05) is 0 Å². The fourth-order valence-electron chi connectivity index (χ4n) is 1.16. The summed E-state index contributed by atoms with van der Waals surface area (Å²) in [5, 5.41) is 3.31. The van der Waals surface area contributed by atoms with E-state index in [-0.39, 0.29) is 0 Å². The van der Waals surface area contributed by atoms with Gasteiger partial charge < -0.3 is 5.32 Å². The van der Waals surface area contributed by atoms with Gasteiger partial charge in [0.1, 0.15) is 0 Å². The zero-order valence-electron chi connectivity index (χ0n) is 7.93. The predicted octanol–water partition coefficient (Wildman–Crippen LogP) is 2.15. The maximum Gasteiger partial charge on any atom is -0.000847 e. The summed E-state index contributed by atoms with van der Waals surface area (Å²) >= 11 is 0. The van der Waals surface area contributed by atoms with Gasteiger partial charge in [0.2, 0.25) is 0 Å². The molecule has 1 aromatic carbocycles. The van der Waals surface area contributed by atoms with Gasteiger partial charge in [-0.2, -0.15) is 0 Å². The van der Waals surface area contributed by atoms with Crippen LogP contribution < -0.4 is 5.32 Å². The van der Waals surface area contributed by atoms with Crippen molar-refractivity contribution >= 4 is 0 Å². The molecule has 0 bridgehead atoms. The Hall–Kier alpha value is -0.820. The summed E-state index contributed by atoms with van der Waals surface area (Å²) < 4.78 is 0. The van der Waals surface area contributed by atoms with Crippen LogP contribution in [0.5, 0.6) is 0 Å². The minimum absolute atomic E-state index is 1.06. The molecule has 0 radical (unpaired) electrons. The topological polar surface area (TPSA) is 12.0 Å². The molecule has 1 N–H and O–H groups in total. The molecule has 0 saturated carbocycles. The molecule has 1 heteroatoms. The average Bonchev–Trinajstić information content (AvgIpc) is 2.09. The van der Waals surface area contributed by atoms with Crippen LogP contribution in [0.25, 0.3) is 0 Å². The highest BCUT2D eigenvalue weighted by atomic mass is 14.8. The fraction of sp³-hybridized carbons (Fsp3) is 0.455. The predicted molar refractivity (Wildman–Crippen MR) is 53.4 cm³/mol. The molecule has 0 aromatic heterocycles. The minimum atomic E-state index is 1.06. The molecule has 0 aliphatic carbocycles. The molecule has 0 aliphatic rings. The van der Waals surface area contributed by atoms with Gasteiger partial charge in [0, 0.05) is 0 Å². The van der Waals surface area contributed by atoms with Crippen molar-refractivity contribution in [3.05, 3.63) is 35.4 Å². The summed E-state index contributed by atoms with van der Waals surface area (Å²) in [4.78, 5) is 0. The van der Waals surface area contributed by atoms with E-state index >= 15 is 0 Å². The van der Waals surface area contributed by atoms with Gasteiger partial charge in [-0.15, -0.1) is 0 Å². The summed E-state index contributed by atoms with van der Waals surface area (Å²) in [5.74, 6) is 0. The molecule has 66 valence electrons. The Kier molecular flexibility index (Phi) is 3.81. The molecular formula is C11H17N. The molecular weight excluding hydrogens is 146 g/mol. The molecule has 0 atom stereocenters. The van der Waals surface area contributed by atoms with Crippen LogP contribution in [0.2, 0.25) is 0 Å². The highest BCUT2D eigenvalue weighted by Crippen LogP contribution is 2.02. The normalized spacial score (nSPS) is 10.2. The summed E-state index contributed by atoms with van der Waals surface area (Å²) in [6.07, 6.45) is 1.13. The summed E-state index contributed by atoms with van der Waals surface area (Å²) in [6.45, 7) is 6.40. The first kappa shape index (κ1) is 9.27. The van der Waals surface area contributed by atoms with Crippen LogP contribution in [-0.4, -0.2) is 13.1 Å². The zero-order chi connectivity index (χ0) is 8.81. The number of rotatable bonds is 4. The molecule has 0 amide bonds. The third-order valence-corrected chi connectivity index (χ3v) is 1.96. The van der Waals surface area contributed by atoms with Gasteiger partial charge in [-0.25, -0.2) is 0 Å². The second-order valence-electron chi connectivity index (χ2n) is 3.09. The van der Waals surface area contributed by atoms with E-state index in [1.54, 1.807) is 0 Å². The molecule has 1 nitrogen and oxygen atoms in total. The summed E-state index contributed by atoms with van der Waals surface area (Å²) in [5.41, 5.74) is 2.75. The molecule has 0 heterocycles. The van der Waals surface area contributed by atoms with Crippen LogP contribution in [0.1, 0.15) is 18.1 Å². The second kappa shape index (κ2) is 4.94. The lowest BCUT2D eigenvalue weighted by Crippen LogP contribution is -2.15. The van der Waals surface area contributed by atoms with Gasteiger partial charge in [0.05, 0.1) is 0 Å². The Labute approximate surface area is 74.8 Å². The Balaban J connectivity index is 2.37. The summed E-state index contributed by atoms with van der Waals surface area (Å²) in [7, 11) is 0. The van der Waals surface area contributed by atoms with Crippen LogP contribution in [0.15, 0.2) is 24.3 Å². The van der Waals surface area contributed by atoms with Gasteiger partial charge >= 0.3 is 0 Å². The molecule has 1 rings (SSSR count). The van der Waals surface area contributed by atoms with Crippen molar-refractivity contribution in [2.45, 2.75) is 20.3 Å². The van der Waals surface area contributed by atoms with E-state index in [0.717, 1.165) is 19.5 Å². The lowest BCUT2D eigenvalue weighted by atomic mass is 10.1. The minimum Gasteiger partial charge on any atom is -0.317 e. The molecule has 0 fully saturated rings. The van der Waals surface area contributed by atoms with Crippen LogP contribution in [0, 0.1) is 6.92 Å². The number of hydrogen-bond acceptors (Lipinski definition) is 1. The van der Waals surface area contributed by atoms with Crippen LogP contribution in [0.4, 0.5) is 0 Å². The van der Waals surface area contributed by atoms with E-state index in [2.05, 4.69) is 43.4 Å². The Morgan fingerprint density at radius 1 is 1.17 bits per heavy atom. The number of nitrogens with one attached hydrogen (secondary N) is 1. The van der Waals surface area contributed by atoms with E-state index < -0.39 is 0 Å². The van der Waals surface area contributed by atoms with Crippen molar-refractivity contribution in [2.75, 3.05) is 13.1 Å². The van der Waals surface area contributed by atoms with Crippen molar-refractivity contribution in [2.24, 2.45) is 0 Å².